The minimum atomic E-state index is -0.664. The third-order valence-electron chi connectivity index (χ3n) is 6.03. The Morgan fingerprint density at radius 3 is 2.40 bits per heavy atom. The number of ether oxygens (including phenoxy) is 2. The summed E-state index contributed by atoms with van der Waals surface area (Å²) < 4.78 is 11.0. The van der Waals surface area contributed by atoms with Gasteiger partial charge in [-0.15, -0.1) is 0 Å². The summed E-state index contributed by atoms with van der Waals surface area (Å²) in [5, 5.41) is 5.93. The number of hydrogen-bond acceptors (Lipinski definition) is 5. The minimum Gasteiger partial charge on any atom is -0.495 e. The molecule has 0 fully saturated rings. The number of nitrogens with one attached hydrogen (secondary N) is 2. The zero-order valence-corrected chi connectivity index (χ0v) is 23.1. The van der Waals surface area contributed by atoms with Gasteiger partial charge in [0.15, 0.2) is 0 Å². The summed E-state index contributed by atoms with van der Waals surface area (Å²) in [6, 6.07) is 24.0. The minimum absolute atomic E-state index is 0.160. The zero-order valence-electron chi connectivity index (χ0n) is 20.9. The molecule has 10 heteroatoms. The summed E-state index contributed by atoms with van der Waals surface area (Å²) in [6.07, 6.45) is 1.38. The zero-order chi connectivity index (χ0) is 28.2. The van der Waals surface area contributed by atoms with Crippen molar-refractivity contribution in [1.82, 2.24) is 10.4 Å². The number of carbonyl (C=O) groups is 2. The third kappa shape index (κ3) is 5.53. The molecule has 1 amide bonds. The number of nitrogens with zero attached hydrogens (tertiary/aromatic N) is 1. The summed E-state index contributed by atoms with van der Waals surface area (Å²) in [6.45, 7) is 0. The van der Waals surface area contributed by atoms with Crippen LogP contribution in [-0.4, -0.2) is 30.2 Å². The van der Waals surface area contributed by atoms with Crippen molar-refractivity contribution in [1.29, 1.82) is 0 Å². The standard InChI is InChI=1S/C30H20Cl3N3O4/c1-39-25-12-6-9-21-26(19-8-3-4-10-22(19)32)28(35-27(21)25)29(37)36-34-16-17-7-2-5-11-24(17)40-30(38)20-14-13-18(31)15-23(20)33/h2-16,35H,1H3,(H,36,37). The normalized spacial score (nSPS) is 11.1. The van der Waals surface area contributed by atoms with Crippen LogP contribution in [0.5, 0.6) is 11.5 Å². The molecule has 0 atom stereocenters. The molecule has 0 aliphatic heterocycles. The maximum absolute atomic E-state index is 13.4. The Labute approximate surface area is 244 Å². The molecule has 40 heavy (non-hydrogen) atoms. The molecule has 0 bridgehead atoms. The molecule has 2 N–H and O–H groups in total. The number of carbonyl (C=O) groups excluding carboxylic acids is 2. The Morgan fingerprint density at radius 2 is 1.62 bits per heavy atom. The Balaban J connectivity index is 1.43. The lowest BCUT2D eigenvalue weighted by molar-refractivity contribution is 0.0734. The maximum atomic E-state index is 13.4. The molecule has 0 aliphatic carbocycles. The van der Waals surface area contributed by atoms with Gasteiger partial charge in [0.05, 0.1) is 29.4 Å². The van der Waals surface area contributed by atoms with Crippen LogP contribution in [0.15, 0.2) is 90.0 Å². The van der Waals surface area contributed by atoms with Crippen LogP contribution in [0.1, 0.15) is 26.4 Å². The molecule has 0 unspecified atom stereocenters. The molecular formula is C30H20Cl3N3O4. The number of aromatic nitrogens is 1. The highest BCUT2D eigenvalue weighted by atomic mass is 35.5. The number of esters is 1. The van der Waals surface area contributed by atoms with Crippen molar-refractivity contribution >= 4 is 63.8 Å². The number of halogens is 3. The van der Waals surface area contributed by atoms with E-state index in [9.17, 15) is 9.59 Å². The highest BCUT2D eigenvalue weighted by Gasteiger charge is 2.22. The van der Waals surface area contributed by atoms with Gasteiger partial charge in [-0.1, -0.05) is 77.3 Å². The van der Waals surface area contributed by atoms with E-state index in [1.54, 1.807) is 49.6 Å². The molecule has 0 spiro atoms. The second-order valence-electron chi connectivity index (χ2n) is 8.49. The topological polar surface area (TPSA) is 92.8 Å². The molecule has 0 radical (unpaired) electrons. The fourth-order valence-electron chi connectivity index (χ4n) is 4.18. The smallest absolute Gasteiger partial charge is 0.345 e. The van der Waals surface area contributed by atoms with Gasteiger partial charge in [0, 0.05) is 32.1 Å². The van der Waals surface area contributed by atoms with Gasteiger partial charge in [0.25, 0.3) is 5.91 Å². The molecule has 1 aromatic heterocycles. The Hall–Kier alpha value is -4.30. The van der Waals surface area contributed by atoms with E-state index in [2.05, 4.69) is 15.5 Å². The van der Waals surface area contributed by atoms with E-state index in [4.69, 9.17) is 44.3 Å². The van der Waals surface area contributed by atoms with Crippen molar-refractivity contribution in [2.24, 2.45) is 5.10 Å². The fraction of sp³-hybridized carbons (Fsp3) is 0.0333. The van der Waals surface area contributed by atoms with Gasteiger partial charge < -0.3 is 14.5 Å². The van der Waals surface area contributed by atoms with Crippen LogP contribution in [0.3, 0.4) is 0 Å². The summed E-state index contributed by atoms with van der Waals surface area (Å²) in [4.78, 5) is 29.2. The molecule has 5 rings (SSSR count). The van der Waals surface area contributed by atoms with E-state index in [-0.39, 0.29) is 22.0 Å². The molecule has 5 aromatic rings. The second-order valence-corrected chi connectivity index (χ2v) is 9.74. The first kappa shape index (κ1) is 27.3. The lowest BCUT2D eigenvalue weighted by Crippen LogP contribution is -2.19. The molecule has 1 heterocycles. The van der Waals surface area contributed by atoms with Gasteiger partial charge in [0.1, 0.15) is 17.2 Å². The van der Waals surface area contributed by atoms with Gasteiger partial charge in [-0.25, -0.2) is 10.2 Å². The van der Waals surface area contributed by atoms with E-state index in [1.165, 1.54) is 18.3 Å². The van der Waals surface area contributed by atoms with Crippen LogP contribution in [0.2, 0.25) is 15.1 Å². The molecule has 200 valence electrons. The Bertz CT molecular complexity index is 1780. The van der Waals surface area contributed by atoms with E-state index in [1.807, 2.05) is 30.3 Å². The van der Waals surface area contributed by atoms with Crippen LogP contribution in [0.25, 0.3) is 22.0 Å². The van der Waals surface area contributed by atoms with Gasteiger partial charge in [0.2, 0.25) is 0 Å². The first-order chi connectivity index (χ1) is 19.4. The second kappa shape index (κ2) is 11.8. The number of rotatable bonds is 7. The molecule has 0 aliphatic rings. The van der Waals surface area contributed by atoms with Gasteiger partial charge in [-0.2, -0.15) is 5.10 Å². The first-order valence-corrected chi connectivity index (χ1v) is 13.0. The number of aromatic amines is 1. The molecule has 0 saturated carbocycles. The van der Waals surface area contributed by atoms with Crippen molar-refractivity contribution < 1.29 is 19.1 Å². The van der Waals surface area contributed by atoms with Gasteiger partial charge in [-0.05, 0) is 42.5 Å². The summed E-state index contributed by atoms with van der Waals surface area (Å²) in [7, 11) is 1.56. The average molecular weight is 593 g/mol. The van der Waals surface area contributed by atoms with Gasteiger partial charge in [-0.3, -0.25) is 4.79 Å². The summed E-state index contributed by atoms with van der Waals surface area (Å²) in [5.41, 5.74) is 5.34. The highest BCUT2D eigenvalue weighted by Crippen LogP contribution is 2.39. The van der Waals surface area contributed by atoms with Crippen LogP contribution in [0.4, 0.5) is 0 Å². The van der Waals surface area contributed by atoms with Gasteiger partial charge >= 0.3 is 5.97 Å². The molecule has 7 nitrogen and oxygen atoms in total. The predicted molar refractivity (Wildman–Crippen MR) is 158 cm³/mol. The summed E-state index contributed by atoms with van der Waals surface area (Å²) in [5.74, 6) is -0.372. The van der Waals surface area contributed by atoms with Crippen molar-refractivity contribution in [2.45, 2.75) is 0 Å². The molecule has 0 saturated heterocycles. The SMILES string of the molecule is COc1cccc2c(-c3ccccc3Cl)c(C(=O)NN=Cc3ccccc3OC(=O)c3ccc(Cl)cc3Cl)[nH]c12. The van der Waals surface area contributed by atoms with Crippen LogP contribution >= 0.6 is 34.8 Å². The quantitative estimate of drug-likeness (QED) is 0.0873. The van der Waals surface area contributed by atoms with Crippen LogP contribution < -0.4 is 14.9 Å². The molecular weight excluding hydrogens is 573 g/mol. The predicted octanol–water partition coefficient (Wildman–Crippen LogP) is 7.79. The number of benzene rings is 4. The van der Waals surface area contributed by atoms with Crippen LogP contribution in [0, 0.1) is 0 Å². The number of methoxy groups -OCH3 is 1. The molecule has 4 aromatic carbocycles. The van der Waals surface area contributed by atoms with E-state index in [0.717, 1.165) is 5.39 Å². The Morgan fingerprint density at radius 1 is 0.875 bits per heavy atom. The van der Waals surface area contributed by atoms with E-state index < -0.39 is 11.9 Å². The van der Waals surface area contributed by atoms with Crippen LogP contribution in [-0.2, 0) is 0 Å². The largest absolute Gasteiger partial charge is 0.495 e. The summed E-state index contributed by atoms with van der Waals surface area (Å²) >= 11 is 18.6. The number of H-pyrrole nitrogens is 1. The third-order valence-corrected chi connectivity index (χ3v) is 6.91. The highest BCUT2D eigenvalue weighted by molar-refractivity contribution is 6.36. The van der Waals surface area contributed by atoms with Crippen molar-refractivity contribution in [3.63, 3.8) is 0 Å². The number of fused-ring (bicyclic) bond motifs is 1. The first-order valence-electron chi connectivity index (χ1n) is 11.9. The van der Waals surface area contributed by atoms with E-state index >= 15 is 0 Å². The van der Waals surface area contributed by atoms with Crippen molar-refractivity contribution in [2.75, 3.05) is 7.11 Å². The average Bonchev–Trinajstić information content (AvgIpc) is 3.34. The fourth-order valence-corrected chi connectivity index (χ4v) is 4.90. The lowest BCUT2D eigenvalue weighted by atomic mass is 10.0. The van der Waals surface area contributed by atoms with Crippen molar-refractivity contribution in [3.8, 4) is 22.6 Å². The number of amides is 1. The van der Waals surface area contributed by atoms with Crippen molar-refractivity contribution in [3.05, 3.63) is 117 Å². The lowest BCUT2D eigenvalue weighted by Gasteiger charge is -2.09. The monoisotopic (exact) mass is 591 g/mol. The number of hydrogen-bond donors (Lipinski definition) is 2. The number of para-hydroxylation sites is 2. The number of hydrazone groups is 1. The Kier molecular flexibility index (Phi) is 8.07. The maximum Gasteiger partial charge on any atom is 0.345 e. The van der Waals surface area contributed by atoms with E-state index in [0.29, 0.717) is 38.0 Å².